The van der Waals surface area contributed by atoms with E-state index in [-0.39, 0.29) is 0 Å². The van der Waals surface area contributed by atoms with Gasteiger partial charge in [-0.05, 0) is 40.2 Å². The zero-order chi connectivity index (χ0) is 9.10. The normalized spacial score (nSPS) is 9.92. The molecule has 2 aromatic rings. The number of H-pyrrole nitrogens is 1. The highest BCUT2D eigenvalue weighted by Gasteiger charge is 1.97. The maximum atomic E-state index is 3.47. The number of hydrogen-bond donors (Lipinski definition) is 2. The van der Waals surface area contributed by atoms with Crippen molar-refractivity contribution in [2.75, 3.05) is 5.32 Å². The number of rotatable bonds is 2. The van der Waals surface area contributed by atoms with E-state index in [0.717, 1.165) is 16.0 Å². The molecule has 0 spiro atoms. The molecule has 0 saturated carbocycles. The first-order valence-electron chi connectivity index (χ1n) is 4.01. The van der Waals surface area contributed by atoms with Gasteiger partial charge in [-0.1, -0.05) is 12.1 Å². The molecule has 2 N–H and O–H groups in total. The molecule has 0 unspecified atom stereocenters. The van der Waals surface area contributed by atoms with Crippen LogP contribution in [-0.4, -0.2) is 4.98 Å². The Morgan fingerprint density at radius 2 is 1.92 bits per heavy atom. The lowest BCUT2D eigenvalue weighted by Gasteiger charge is -2.05. The predicted octanol–water partition coefficient (Wildman–Crippen LogP) is 3.52. The Balaban J connectivity index is 2.24. The van der Waals surface area contributed by atoms with Gasteiger partial charge in [-0.2, -0.15) is 0 Å². The van der Waals surface area contributed by atoms with Gasteiger partial charge in [-0.15, -0.1) is 0 Å². The highest BCUT2D eigenvalue weighted by molar-refractivity contribution is 9.10. The van der Waals surface area contributed by atoms with Crippen LogP contribution < -0.4 is 5.32 Å². The number of hydrogen-bond acceptors (Lipinski definition) is 1. The van der Waals surface area contributed by atoms with E-state index in [0.29, 0.717) is 0 Å². The quantitative estimate of drug-likeness (QED) is 0.821. The molecule has 0 aliphatic rings. The maximum Gasteiger partial charge on any atom is 0.107 e. The van der Waals surface area contributed by atoms with Crippen LogP contribution in [0.5, 0.6) is 0 Å². The zero-order valence-electron chi connectivity index (χ0n) is 6.92. The van der Waals surface area contributed by atoms with Crippen LogP contribution in [0.4, 0.5) is 11.5 Å². The van der Waals surface area contributed by atoms with Gasteiger partial charge in [0, 0.05) is 10.7 Å². The van der Waals surface area contributed by atoms with E-state index in [9.17, 15) is 0 Å². The second kappa shape index (κ2) is 3.66. The van der Waals surface area contributed by atoms with Gasteiger partial charge >= 0.3 is 0 Å². The molecule has 0 radical (unpaired) electrons. The summed E-state index contributed by atoms with van der Waals surface area (Å²) in [7, 11) is 0. The summed E-state index contributed by atoms with van der Waals surface area (Å²) >= 11 is 3.47. The van der Waals surface area contributed by atoms with Gasteiger partial charge in [0.15, 0.2) is 0 Å². The fourth-order valence-corrected chi connectivity index (χ4v) is 1.50. The number of anilines is 2. The summed E-state index contributed by atoms with van der Waals surface area (Å²) < 4.78 is 1.06. The van der Waals surface area contributed by atoms with Gasteiger partial charge in [0.1, 0.15) is 5.82 Å². The molecule has 2 nitrogen and oxygen atoms in total. The minimum Gasteiger partial charge on any atom is -0.348 e. The molecule has 1 aromatic carbocycles. The third kappa shape index (κ3) is 1.92. The molecule has 0 bridgehead atoms. The number of benzene rings is 1. The zero-order valence-corrected chi connectivity index (χ0v) is 8.51. The van der Waals surface area contributed by atoms with E-state index in [4.69, 9.17) is 0 Å². The van der Waals surface area contributed by atoms with Crippen LogP contribution in [0, 0.1) is 0 Å². The van der Waals surface area contributed by atoms with E-state index in [2.05, 4.69) is 26.2 Å². The molecular formula is C10H9BrN2. The Morgan fingerprint density at radius 3 is 2.62 bits per heavy atom. The average molecular weight is 237 g/mol. The van der Waals surface area contributed by atoms with E-state index >= 15 is 0 Å². The first kappa shape index (κ1) is 8.38. The van der Waals surface area contributed by atoms with Gasteiger partial charge in [0.2, 0.25) is 0 Å². The topological polar surface area (TPSA) is 27.8 Å². The largest absolute Gasteiger partial charge is 0.348 e. The van der Waals surface area contributed by atoms with Gasteiger partial charge in [0.05, 0.1) is 5.69 Å². The van der Waals surface area contributed by atoms with Crippen LogP contribution in [0.15, 0.2) is 47.1 Å². The Kier molecular flexibility index (Phi) is 2.36. The SMILES string of the molecule is Brc1ccccc1Nc1ccc[nH]1. The van der Waals surface area contributed by atoms with E-state index in [1.54, 1.807) is 0 Å². The second-order valence-corrected chi connectivity index (χ2v) is 3.54. The number of nitrogens with one attached hydrogen (secondary N) is 2. The van der Waals surface area contributed by atoms with Crippen molar-refractivity contribution in [3.05, 3.63) is 47.1 Å². The third-order valence-corrected chi connectivity index (χ3v) is 2.43. The molecule has 0 saturated heterocycles. The summed E-state index contributed by atoms with van der Waals surface area (Å²) in [6.45, 7) is 0. The summed E-state index contributed by atoms with van der Waals surface area (Å²) in [6, 6.07) is 12.0. The van der Waals surface area contributed by atoms with Gasteiger partial charge < -0.3 is 10.3 Å². The maximum absolute atomic E-state index is 3.47. The van der Waals surface area contributed by atoms with Crippen molar-refractivity contribution >= 4 is 27.4 Å². The summed E-state index contributed by atoms with van der Waals surface area (Å²) in [5.74, 6) is 0.993. The molecule has 1 heterocycles. The van der Waals surface area contributed by atoms with Crippen LogP contribution >= 0.6 is 15.9 Å². The molecule has 3 heteroatoms. The Hall–Kier alpha value is -1.22. The van der Waals surface area contributed by atoms with E-state index in [1.807, 2.05) is 42.6 Å². The fraction of sp³-hybridized carbons (Fsp3) is 0. The molecule has 0 atom stereocenters. The van der Waals surface area contributed by atoms with Crippen LogP contribution in [-0.2, 0) is 0 Å². The van der Waals surface area contributed by atoms with Crippen molar-refractivity contribution in [2.24, 2.45) is 0 Å². The lowest BCUT2D eigenvalue weighted by molar-refractivity contribution is 1.37. The standard InChI is InChI=1S/C10H9BrN2/c11-8-4-1-2-5-9(8)13-10-6-3-7-12-10/h1-7,12-13H. The minimum atomic E-state index is 0.993. The summed E-state index contributed by atoms with van der Waals surface area (Å²) in [5, 5.41) is 3.25. The Morgan fingerprint density at radius 1 is 1.08 bits per heavy atom. The molecule has 0 amide bonds. The number of aromatic amines is 1. The van der Waals surface area contributed by atoms with Crippen molar-refractivity contribution in [1.82, 2.24) is 4.98 Å². The van der Waals surface area contributed by atoms with E-state index < -0.39 is 0 Å². The summed E-state index contributed by atoms with van der Waals surface area (Å²) in [5.41, 5.74) is 1.06. The Labute approximate surface area is 85.1 Å². The van der Waals surface area contributed by atoms with Crippen LogP contribution in [0.1, 0.15) is 0 Å². The molecule has 0 aliphatic carbocycles. The van der Waals surface area contributed by atoms with Gasteiger partial charge in [0.25, 0.3) is 0 Å². The number of aromatic nitrogens is 1. The molecule has 1 aromatic heterocycles. The predicted molar refractivity (Wildman–Crippen MR) is 58.2 cm³/mol. The van der Waals surface area contributed by atoms with Crippen LogP contribution in [0.2, 0.25) is 0 Å². The lowest BCUT2D eigenvalue weighted by Crippen LogP contribution is -1.90. The van der Waals surface area contributed by atoms with Gasteiger partial charge in [-0.25, -0.2) is 0 Å². The lowest BCUT2D eigenvalue weighted by atomic mass is 10.3. The molecule has 2 rings (SSSR count). The summed E-state index contributed by atoms with van der Waals surface area (Å²) in [6.07, 6.45) is 1.89. The average Bonchev–Trinajstić information content (AvgIpc) is 2.61. The molecule has 66 valence electrons. The number of halogens is 1. The Bertz CT molecular complexity index is 382. The van der Waals surface area contributed by atoms with Gasteiger partial charge in [-0.3, -0.25) is 0 Å². The molecule has 0 aliphatic heterocycles. The first-order chi connectivity index (χ1) is 6.36. The highest BCUT2D eigenvalue weighted by atomic mass is 79.9. The monoisotopic (exact) mass is 236 g/mol. The molecule has 13 heavy (non-hydrogen) atoms. The van der Waals surface area contributed by atoms with Crippen molar-refractivity contribution in [3.63, 3.8) is 0 Å². The fourth-order valence-electron chi connectivity index (χ4n) is 1.12. The minimum absolute atomic E-state index is 0.993. The highest BCUT2D eigenvalue weighted by Crippen LogP contribution is 2.24. The molecular weight excluding hydrogens is 228 g/mol. The smallest absolute Gasteiger partial charge is 0.107 e. The van der Waals surface area contributed by atoms with Crippen LogP contribution in [0.25, 0.3) is 0 Å². The first-order valence-corrected chi connectivity index (χ1v) is 4.80. The molecule has 0 fully saturated rings. The number of para-hydroxylation sites is 1. The third-order valence-electron chi connectivity index (χ3n) is 1.74. The van der Waals surface area contributed by atoms with Crippen molar-refractivity contribution in [3.8, 4) is 0 Å². The van der Waals surface area contributed by atoms with E-state index in [1.165, 1.54) is 0 Å². The van der Waals surface area contributed by atoms with Crippen molar-refractivity contribution < 1.29 is 0 Å². The second-order valence-electron chi connectivity index (χ2n) is 2.69. The van der Waals surface area contributed by atoms with Crippen molar-refractivity contribution in [2.45, 2.75) is 0 Å². The summed E-state index contributed by atoms with van der Waals surface area (Å²) in [4.78, 5) is 3.08. The van der Waals surface area contributed by atoms with Crippen LogP contribution in [0.3, 0.4) is 0 Å². The van der Waals surface area contributed by atoms with Crippen molar-refractivity contribution in [1.29, 1.82) is 0 Å².